The normalized spacial score (nSPS) is 10.4. The first-order valence-corrected chi connectivity index (χ1v) is 9.40. The molecule has 2 rings (SSSR count). The van der Waals surface area contributed by atoms with Crippen LogP contribution in [0.25, 0.3) is 0 Å². The highest BCUT2D eigenvalue weighted by molar-refractivity contribution is 14.1. The highest BCUT2D eigenvalue weighted by Crippen LogP contribution is 2.31. The summed E-state index contributed by atoms with van der Waals surface area (Å²) in [6.45, 7) is 4.10. The van der Waals surface area contributed by atoms with Gasteiger partial charge in [0.2, 0.25) is 0 Å². The number of para-hydroxylation sites is 1. The second-order valence-electron chi connectivity index (χ2n) is 5.39. The van der Waals surface area contributed by atoms with E-state index < -0.39 is 5.82 Å². The van der Waals surface area contributed by atoms with E-state index in [1.807, 2.05) is 26.0 Å². The van der Waals surface area contributed by atoms with Crippen LogP contribution >= 0.6 is 50.1 Å². The Labute approximate surface area is 168 Å². The summed E-state index contributed by atoms with van der Waals surface area (Å²) in [4.78, 5) is 14.4. The average Bonchev–Trinajstić information content (AvgIpc) is 2.49. The first kappa shape index (κ1) is 19.4. The first-order chi connectivity index (χ1) is 11.3. The maximum atomic E-state index is 14.4. The fraction of sp³-hybridized carbons (Fsp3) is 0.167. The Morgan fingerprint density at radius 2 is 2.04 bits per heavy atom. The molecule has 0 aromatic heterocycles. The number of anilines is 1. The number of hydrogen-bond acceptors (Lipinski definition) is 1. The highest BCUT2D eigenvalue weighted by atomic mass is 127. The number of halogens is 4. The fourth-order valence-electron chi connectivity index (χ4n) is 2.10. The molecule has 0 radical (unpaired) electrons. The number of rotatable bonds is 4. The number of nitrogens with zero attached hydrogens (tertiary/aromatic N) is 1. The van der Waals surface area contributed by atoms with Crippen LogP contribution in [0, 0.1) is 9.39 Å². The van der Waals surface area contributed by atoms with Crippen LogP contribution in [0.4, 0.5) is 10.1 Å². The van der Waals surface area contributed by atoms with Crippen molar-refractivity contribution in [2.45, 2.75) is 13.8 Å². The lowest BCUT2D eigenvalue weighted by Gasteiger charge is -2.24. The number of carbonyl (C=O) groups is 1. The Morgan fingerprint density at radius 3 is 2.62 bits per heavy atom. The molecular weight excluding hydrogens is 507 g/mol. The summed E-state index contributed by atoms with van der Waals surface area (Å²) in [6, 6.07) is 9.76. The van der Waals surface area contributed by atoms with Crippen LogP contribution in [0.5, 0.6) is 0 Å². The molecule has 126 valence electrons. The molecule has 0 aliphatic heterocycles. The second-order valence-corrected chi connectivity index (χ2v) is 7.88. The average molecular weight is 523 g/mol. The maximum absolute atomic E-state index is 14.4. The van der Waals surface area contributed by atoms with Crippen LogP contribution in [0.2, 0.25) is 5.02 Å². The lowest BCUT2D eigenvalue weighted by Crippen LogP contribution is -2.33. The fourth-order valence-corrected chi connectivity index (χ4v) is 3.90. The molecule has 0 saturated carbocycles. The molecule has 2 aromatic carbocycles. The molecule has 0 N–H and O–H groups in total. The van der Waals surface area contributed by atoms with Gasteiger partial charge in [-0.1, -0.05) is 45.2 Å². The summed E-state index contributed by atoms with van der Waals surface area (Å²) in [5.74, 6) is -0.818. The summed E-state index contributed by atoms with van der Waals surface area (Å²) in [5.41, 5.74) is 1.63. The minimum atomic E-state index is -0.523. The largest absolute Gasteiger partial charge is 0.300 e. The molecule has 0 fully saturated rings. The second kappa shape index (κ2) is 8.45. The van der Waals surface area contributed by atoms with E-state index in [0.717, 1.165) is 13.6 Å². The van der Waals surface area contributed by atoms with E-state index in [-0.39, 0.29) is 23.2 Å². The molecule has 0 heterocycles. The van der Waals surface area contributed by atoms with Gasteiger partial charge in [0, 0.05) is 14.6 Å². The van der Waals surface area contributed by atoms with E-state index in [2.05, 4.69) is 38.5 Å². The minimum absolute atomic E-state index is 0.0976. The van der Waals surface area contributed by atoms with Gasteiger partial charge in [0.05, 0.1) is 16.3 Å². The molecule has 0 atom stereocenters. The van der Waals surface area contributed by atoms with Gasteiger partial charge in [-0.3, -0.25) is 4.79 Å². The summed E-state index contributed by atoms with van der Waals surface area (Å²) >= 11 is 11.6. The number of amides is 1. The lowest BCUT2D eigenvalue weighted by molar-refractivity contribution is 0.0988. The van der Waals surface area contributed by atoms with Crippen molar-refractivity contribution in [3.8, 4) is 0 Å². The molecule has 2 aromatic rings. The standard InChI is InChI=1S/C18H15BrClFINO/c1-11(2)8-9-23(17-14(20)4-3-5-15(17)21)18(24)13-7-6-12(19)10-16(13)22/h3-8,10H,9H2,1-2H3. The SMILES string of the molecule is CC(C)=CCN(C(=O)c1ccc(Br)cc1I)c1c(F)cccc1Cl. The number of carbonyl (C=O) groups excluding carboxylic acids is 1. The maximum Gasteiger partial charge on any atom is 0.259 e. The van der Waals surface area contributed by atoms with E-state index in [9.17, 15) is 9.18 Å². The highest BCUT2D eigenvalue weighted by Gasteiger charge is 2.24. The van der Waals surface area contributed by atoms with Gasteiger partial charge in [-0.15, -0.1) is 0 Å². The van der Waals surface area contributed by atoms with Crippen LogP contribution in [-0.2, 0) is 0 Å². The zero-order chi connectivity index (χ0) is 17.9. The van der Waals surface area contributed by atoms with Crippen molar-refractivity contribution < 1.29 is 9.18 Å². The van der Waals surface area contributed by atoms with Gasteiger partial charge in [-0.2, -0.15) is 0 Å². The molecule has 2 nitrogen and oxygen atoms in total. The van der Waals surface area contributed by atoms with Crippen LogP contribution in [0.1, 0.15) is 24.2 Å². The third-order valence-electron chi connectivity index (χ3n) is 3.30. The molecule has 0 unspecified atom stereocenters. The molecule has 0 bridgehead atoms. The van der Waals surface area contributed by atoms with Crippen LogP contribution in [0.15, 0.2) is 52.5 Å². The van der Waals surface area contributed by atoms with Crippen molar-refractivity contribution in [2.75, 3.05) is 11.4 Å². The predicted molar refractivity (Wildman–Crippen MR) is 109 cm³/mol. The van der Waals surface area contributed by atoms with Gasteiger partial charge < -0.3 is 4.90 Å². The van der Waals surface area contributed by atoms with Crippen molar-refractivity contribution >= 4 is 61.7 Å². The molecule has 24 heavy (non-hydrogen) atoms. The van der Waals surface area contributed by atoms with E-state index in [0.29, 0.717) is 5.56 Å². The Balaban J connectivity index is 2.54. The molecular formula is C18H15BrClFINO. The summed E-state index contributed by atoms with van der Waals surface area (Å²) in [6.07, 6.45) is 1.87. The zero-order valence-electron chi connectivity index (χ0n) is 13.1. The molecule has 0 aliphatic rings. The first-order valence-electron chi connectivity index (χ1n) is 7.15. The number of benzene rings is 2. The van der Waals surface area contributed by atoms with Gasteiger partial charge >= 0.3 is 0 Å². The monoisotopic (exact) mass is 521 g/mol. The quantitative estimate of drug-likeness (QED) is 0.334. The van der Waals surface area contributed by atoms with Crippen molar-refractivity contribution in [2.24, 2.45) is 0 Å². The topological polar surface area (TPSA) is 20.3 Å². The summed E-state index contributed by atoms with van der Waals surface area (Å²) in [7, 11) is 0. The van der Waals surface area contributed by atoms with Gasteiger partial charge in [0.25, 0.3) is 5.91 Å². The molecule has 0 aliphatic carbocycles. The van der Waals surface area contributed by atoms with Crippen molar-refractivity contribution in [3.05, 3.63) is 72.5 Å². The molecule has 6 heteroatoms. The van der Waals surface area contributed by atoms with E-state index in [1.165, 1.54) is 17.0 Å². The van der Waals surface area contributed by atoms with Crippen LogP contribution in [-0.4, -0.2) is 12.5 Å². The smallest absolute Gasteiger partial charge is 0.259 e. The Kier molecular flexibility index (Phi) is 6.83. The number of allylic oxidation sites excluding steroid dienone is 1. The van der Waals surface area contributed by atoms with E-state index in [4.69, 9.17) is 11.6 Å². The van der Waals surface area contributed by atoms with Crippen LogP contribution < -0.4 is 4.90 Å². The molecule has 0 spiro atoms. The predicted octanol–water partition coefficient (Wildman–Crippen LogP) is 6.46. The Hall–Kier alpha value is -0.920. The Morgan fingerprint density at radius 1 is 1.33 bits per heavy atom. The zero-order valence-corrected chi connectivity index (χ0v) is 17.6. The van der Waals surface area contributed by atoms with E-state index in [1.54, 1.807) is 18.2 Å². The number of hydrogen-bond donors (Lipinski definition) is 0. The van der Waals surface area contributed by atoms with Crippen molar-refractivity contribution in [1.29, 1.82) is 0 Å². The third kappa shape index (κ3) is 4.58. The summed E-state index contributed by atoms with van der Waals surface area (Å²) in [5, 5.41) is 0.206. The lowest BCUT2D eigenvalue weighted by atomic mass is 10.1. The third-order valence-corrected chi connectivity index (χ3v) is 4.99. The minimum Gasteiger partial charge on any atom is -0.300 e. The van der Waals surface area contributed by atoms with E-state index >= 15 is 0 Å². The van der Waals surface area contributed by atoms with Crippen molar-refractivity contribution in [1.82, 2.24) is 0 Å². The molecule has 0 saturated heterocycles. The summed E-state index contributed by atoms with van der Waals surface area (Å²) < 4.78 is 16.0. The Bertz CT molecular complexity index is 785. The van der Waals surface area contributed by atoms with Gasteiger partial charge in [-0.05, 0) is 66.8 Å². The van der Waals surface area contributed by atoms with Gasteiger partial charge in [0.15, 0.2) is 0 Å². The molecule has 1 amide bonds. The van der Waals surface area contributed by atoms with Crippen LogP contribution in [0.3, 0.4) is 0 Å². The van der Waals surface area contributed by atoms with Gasteiger partial charge in [0.1, 0.15) is 5.82 Å². The van der Waals surface area contributed by atoms with Crippen molar-refractivity contribution in [3.63, 3.8) is 0 Å². The van der Waals surface area contributed by atoms with Gasteiger partial charge in [-0.25, -0.2) is 4.39 Å².